The summed E-state index contributed by atoms with van der Waals surface area (Å²) < 4.78 is 18.1. The van der Waals surface area contributed by atoms with E-state index in [1.807, 2.05) is 37.3 Å². The molecule has 0 saturated heterocycles. The lowest BCUT2D eigenvalue weighted by Crippen LogP contribution is -2.31. The summed E-state index contributed by atoms with van der Waals surface area (Å²) in [7, 11) is 2.94. The summed E-state index contributed by atoms with van der Waals surface area (Å²) in [6.45, 7) is 2.33. The Balaban J connectivity index is 1.63. The molecule has 1 atom stereocenters. The van der Waals surface area contributed by atoms with E-state index in [1.165, 1.54) is 7.11 Å². The minimum Gasteiger partial charge on any atom is -0.497 e. The van der Waals surface area contributed by atoms with Crippen LogP contribution in [0.4, 0.5) is 0 Å². The van der Waals surface area contributed by atoms with E-state index in [1.54, 1.807) is 24.2 Å². The van der Waals surface area contributed by atoms with E-state index in [9.17, 15) is 9.59 Å². The first-order valence-electron chi connectivity index (χ1n) is 10.9. The average Bonchev–Trinajstić information content (AvgIpc) is 3.35. The Kier molecular flexibility index (Phi) is 5.53. The maximum Gasteiger partial charge on any atom is 0.306 e. The average molecular weight is 460 g/mol. The van der Waals surface area contributed by atoms with Gasteiger partial charge in [-0.05, 0) is 25.1 Å². The quantitative estimate of drug-likeness (QED) is 0.439. The van der Waals surface area contributed by atoms with Crippen LogP contribution in [-0.4, -0.2) is 39.7 Å². The zero-order valence-corrected chi connectivity index (χ0v) is 19.1. The summed E-state index contributed by atoms with van der Waals surface area (Å²) in [5, 5.41) is 0.855. The van der Waals surface area contributed by atoms with Crippen LogP contribution in [0.15, 0.2) is 47.7 Å². The number of carbonyl (C=O) groups excluding carboxylic acids is 1. The fourth-order valence-electron chi connectivity index (χ4n) is 4.42. The molecule has 4 heterocycles. The second kappa shape index (κ2) is 8.66. The molecule has 34 heavy (non-hydrogen) atoms. The molecule has 1 aromatic carbocycles. The number of aromatic nitrogens is 4. The Labute approximate surface area is 195 Å². The van der Waals surface area contributed by atoms with Crippen LogP contribution in [0, 0.1) is 6.92 Å². The van der Waals surface area contributed by atoms with Crippen molar-refractivity contribution in [2.75, 3.05) is 14.2 Å². The number of hydrogen-bond acceptors (Lipinski definition) is 7. The number of aromatic amines is 1. The van der Waals surface area contributed by atoms with Crippen molar-refractivity contribution in [2.24, 2.45) is 0 Å². The Morgan fingerprint density at radius 2 is 2.09 bits per heavy atom. The molecule has 5 rings (SSSR count). The van der Waals surface area contributed by atoms with Gasteiger partial charge >= 0.3 is 5.97 Å². The van der Waals surface area contributed by atoms with Crippen LogP contribution in [0.25, 0.3) is 10.9 Å². The van der Waals surface area contributed by atoms with Gasteiger partial charge in [-0.3, -0.25) is 9.59 Å². The highest BCUT2D eigenvalue weighted by molar-refractivity contribution is 5.83. The minimum atomic E-state index is -0.545. The van der Waals surface area contributed by atoms with Gasteiger partial charge in [0.1, 0.15) is 11.5 Å². The summed E-state index contributed by atoms with van der Waals surface area (Å²) in [6.07, 6.45) is 3.97. The number of aryl methyl sites for hydroxylation is 2. The lowest BCUT2D eigenvalue weighted by Gasteiger charge is -2.28. The zero-order valence-electron chi connectivity index (χ0n) is 19.1. The van der Waals surface area contributed by atoms with E-state index in [0.717, 1.165) is 16.8 Å². The molecule has 0 saturated carbocycles. The van der Waals surface area contributed by atoms with E-state index in [-0.39, 0.29) is 12.0 Å². The van der Waals surface area contributed by atoms with E-state index in [4.69, 9.17) is 14.2 Å². The molecule has 1 unspecified atom stereocenters. The van der Waals surface area contributed by atoms with Crippen molar-refractivity contribution in [1.29, 1.82) is 0 Å². The molecule has 1 aliphatic heterocycles. The lowest BCUT2D eigenvalue weighted by molar-refractivity contribution is -0.140. The van der Waals surface area contributed by atoms with Gasteiger partial charge in [0.05, 0.1) is 38.0 Å². The second-order valence-corrected chi connectivity index (χ2v) is 8.22. The first-order valence-corrected chi connectivity index (χ1v) is 10.9. The topological polar surface area (TPSA) is 108 Å². The first kappa shape index (κ1) is 21.7. The molecule has 0 amide bonds. The number of ether oxygens (including phenoxy) is 3. The molecule has 0 aliphatic carbocycles. The maximum atomic E-state index is 13.7. The zero-order chi connectivity index (χ0) is 23.8. The highest BCUT2D eigenvalue weighted by atomic mass is 16.5. The number of pyridine rings is 2. The number of H-pyrrole nitrogens is 1. The van der Waals surface area contributed by atoms with Gasteiger partial charge in [0, 0.05) is 59.6 Å². The standard InChI is InChI=1S/C25H24N4O5/c1-14-8-21-23(25(31)29(14)7-6-16-12-26-13-27-16)18(11-22(30)33-3)19-9-15-4-5-17(32-2)10-20(15)28-24(19)34-21/h4-5,8-10,12-13,18H,6-7,11H2,1-3H3,(H,26,27). The molecule has 0 spiro atoms. The second-order valence-electron chi connectivity index (χ2n) is 8.22. The third kappa shape index (κ3) is 3.79. The van der Waals surface area contributed by atoms with Gasteiger partial charge in [-0.2, -0.15) is 0 Å². The van der Waals surface area contributed by atoms with Crippen LogP contribution in [0.5, 0.6) is 17.4 Å². The molecule has 0 bridgehead atoms. The molecule has 4 aromatic rings. The molecule has 3 aromatic heterocycles. The Hall–Kier alpha value is -4.14. The van der Waals surface area contributed by atoms with Crippen molar-refractivity contribution in [2.45, 2.75) is 32.2 Å². The highest BCUT2D eigenvalue weighted by Gasteiger charge is 2.34. The van der Waals surface area contributed by atoms with Gasteiger partial charge in [-0.15, -0.1) is 0 Å². The smallest absolute Gasteiger partial charge is 0.306 e. The molecule has 174 valence electrons. The Morgan fingerprint density at radius 1 is 1.24 bits per heavy atom. The Morgan fingerprint density at radius 3 is 2.82 bits per heavy atom. The van der Waals surface area contributed by atoms with Gasteiger partial charge in [0.15, 0.2) is 0 Å². The number of methoxy groups -OCH3 is 2. The fourth-order valence-corrected chi connectivity index (χ4v) is 4.42. The van der Waals surface area contributed by atoms with E-state index in [0.29, 0.717) is 47.0 Å². The molecule has 9 nitrogen and oxygen atoms in total. The van der Waals surface area contributed by atoms with Gasteiger partial charge in [-0.1, -0.05) is 0 Å². The first-order chi connectivity index (χ1) is 16.5. The van der Waals surface area contributed by atoms with Gasteiger partial charge in [0.25, 0.3) is 5.56 Å². The summed E-state index contributed by atoms with van der Waals surface area (Å²) in [6, 6.07) is 9.30. The fraction of sp³-hybridized carbons (Fsp3) is 0.280. The van der Waals surface area contributed by atoms with Crippen LogP contribution in [0.2, 0.25) is 0 Å². The predicted molar refractivity (Wildman–Crippen MR) is 125 cm³/mol. The largest absolute Gasteiger partial charge is 0.497 e. The number of nitrogens with zero attached hydrogens (tertiary/aromatic N) is 3. The van der Waals surface area contributed by atoms with Crippen LogP contribution < -0.4 is 15.0 Å². The molecule has 9 heteroatoms. The summed E-state index contributed by atoms with van der Waals surface area (Å²) in [5.41, 5.74) is 3.31. The van der Waals surface area contributed by atoms with Crippen molar-refractivity contribution in [3.8, 4) is 17.4 Å². The molecule has 0 fully saturated rings. The van der Waals surface area contributed by atoms with Crippen LogP contribution >= 0.6 is 0 Å². The van der Waals surface area contributed by atoms with E-state index >= 15 is 0 Å². The molecular weight excluding hydrogens is 436 g/mol. The normalized spacial score (nSPS) is 14.3. The summed E-state index contributed by atoms with van der Waals surface area (Å²) in [4.78, 5) is 37.8. The number of carbonyl (C=O) groups is 1. The number of nitrogens with one attached hydrogen (secondary N) is 1. The third-order valence-electron chi connectivity index (χ3n) is 6.21. The molecule has 1 N–H and O–H groups in total. The number of hydrogen-bond donors (Lipinski definition) is 1. The summed E-state index contributed by atoms with van der Waals surface area (Å²) >= 11 is 0. The van der Waals surface area contributed by atoms with Crippen molar-refractivity contribution < 1.29 is 19.0 Å². The van der Waals surface area contributed by atoms with Crippen molar-refractivity contribution in [3.05, 3.63) is 75.7 Å². The minimum absolute atomic E-state index is 0.00203. The molecule has 1 aliphatic rings. The van der Waals surface area contributed by atoms with Gasteiger partial charge in [0.2, 0.25) is 5.88 Å². The maximum absolute atomic E-state index is 13.7. The SMILES string of the molecule is COC(=O)CC1c2cc3ccc(OC)cc3nc2Oc2cc(C)n(CCc3cnc[nH]3)c(=O)c21. The monoisotopic (exact) mass is 460 g/mol. The van der Waals surface area contributed by atoms with Crippen LogP contribution in [0.1, 0.15) is 34.9 Å². The molecular formula is C25H24N4O5. The van der Waals surface area contributed by atoms with Gasteiger partial charge in [-0.25, -0.2) is 9.97 Å². The molecule has 0 radical (unpaired) electrons. The van der Waals surface area contributed by atoms with Crippen LogP contribution in [-0.2, 0) is 22.5 Å². The van der Waals surface area contributed by atoms with Crippen molar-refractivity contribution in [3.63, 3.8) is 0 Å². The summed E-state index contributed by atoms with van der Waals surface area (Å²) in [5.74, 6) is 0.505. The number of rotatable bonds is 6. The number of esters is 1. The lowest BCUT2D eigenvalue weighted by atomic mass is 9.86. The van der Waals surface area contributed by atoms with Crippen molar-refractivity contribution >= 4 is 16.9 Å². The van der Waals surface area contributed by atoms with Crippen molar-refractivity contribution in [1.82, 2.24) is 19.5 Å². The highest BCUT2D eigenvalue weighted by Crippen LogP contribution is 2.45. The number of imidazole rings is 1. The van der Waals surface area contributed by atoms with Gasteiger partial charge < -0.3 is 23.8 Å². The number of fused-ring (bicyclic) bond motifs is 3. The third-order valence-corrected chi connectivity index (χ3v) is 6.21. The van der Waals surface area contributed by atoms with E-state index in [2.05, 4.69) is 15.0 Å². The number of benzene rings is 1. The Bertz CT molecular complexity index is 1440. The predicted octanol–water partition coefficient (Wildman–Crippen LogP) is 3.48. The van der Waals surface area contributed by atoms with Crippen LogP contribution in [0.3, 0.4) is 0 Å². The van der Waals surface area contributed by atoms with E-state index < -0.39 is 11.9 Å².